The Balaban J connectivity index is 1.82. The highest BCUT2D eigenvalue weighted by Crippen LogP contribution is 2.19. The number of hydrogen-bond donors (Lipinski definition) is 1. The molecule has 24 heavy (non-hydrogen) atoms. The molecule has 0 bridgehead atoms. The number of nitrogens with zero attached hydrogens (tertiary/aromatic N) is 4. The molecule has 1 aromatic heterocycles. The molecule has 0 aliphatic rings. The van der Waals surface area contributed by atoms with Crippen LogP contribution in [0, 0.1) is 17.1 Å². The highest BCUT2D eigenvalue weighted by Gasteiger charge is 2.14. The molecule has 0 unspecified atom stereocenters. The number of halogens is 2. The molecule has 0 aliphatic carbocycles. The average Bonchev–Trinajstić information content (AvgIpc) is 3.07. The minimum absolute atomic E-state index is 0.0535. The highest BCUT2D eigenvalue weighted by molar-refractivity contribution is 6.32. The second-order valence-electron chi connectivity index (χ2n) is 4.76. The number of nitriles is 1. The number of carbonyl (C=O) groups is 1. The van der Waals surface area contributed by atoms with Gasteiger partial charge in [0.15, 0.2) is 5.69 Å². The molecule has 0 spiro atoms. The van der Waals surface area contributed by atoms with Crippen LogP contribution in [-0.2, 0) is 0 Å². The van der Waals surface area contributed by atoms with Crippen molar-refractivity contribution in [2.75, 3.05) is 5.32 Å². The zero-order valence-corrected chi connectivity index (χ0v) is 12.8. The van der Waals surface area contributed by atoms with E-state index in [0.29, 0.717) is 10.7 Å². The van der Waals surface area contributed by atoms with Crippen molar-refractivity contribution in [1.82, 2.24) is 15.0 Å². The summed E-state index contributed by atoms with van der Waals surface area (Å²) in [5.74, 6) is -1.19. The molecule has 1 N–H and O–H groups in total. The maximum atomic E-state index is 13.3. The Kier molecular flexibility index (Phi) is 4.22. The highest BCUT2D eigenvalue weighted by atomic mass is 35.5. The number of para-hydroxylation sites is 1. The van der Waals surface area contributed by atoms with Crippen LogP contribution in [0.3, 0.4) is 0 Å². The summed E-state index contributed by atoms with van der Waals surface area (Å²) >= 11 is 6.07. The van der Waals surface area contributed by atoms with Gasteiger partial charge < -0.3 is 5.32 Å². The smallest absolute Gasteiger partial charge is 0.277 e. The van der Waals surface area contributed by atoms with Crippen LogP contribution in [0.5, 0.6) is 0 Å². The minimum atomic E-state index is -0.653. The van der Waals surface area contributed by atoms with Crippen molar-refractivity contribution in [2.45, 2.75) is 0 Å². The summed E-state index contributed by atoms with van der Waals surface area (Å²) in [4.78, 5) is 12.2. The van der Waals surface area contributed by atoms with Gasteiger partial charge in [0.1, 0.15) is 11.9 Å². The molecule has 2 aromatic carbocycles. The minimum Gasteiger partial charge on any atom is -0.320 e. The topological polar surface area (TPSA) is 83.6 Å². The summed E-state index contributed by atoms with van der Waals surface area (Å²) < 4.78 is 14.7. The molecule has 3 rings (SSSR count). The van der Waals surface area contributed by atoms with Crippen molar-refractivity contribution in [3.63, 3.8) is 0 Å². The number of amides is 1. The van der Waals surface area contributed by atoms with Crippen LogP contribution in [0.1, 0.15) is 16.1 Å². The van der Waals surface area contributed by atoms with Gasteiger partial charge in [-0.2, -0.15) is 5.26 Å². The van der Waals surface area contributed by atoms with Crippen molar-refractivity contribution in [1.29, 1.82) is 5.26 Å². The van der Waals surface area contributed by atoms with Gasteiger partial charge in [0, 0.05) is 5.69 Å². The first-order valence-corrected chi connectivity index (χ1v) is 7.14. The van der Waals surface area contributed by atoms with Gasteiger partial charge in [-0.25, -0.2) is 9.07 Å². The molecule has 1 amide bonds. The van der Waals surface area contributed by atoms with Crippen LogP contribution in [0.25, 0.3) is 5.69 Å². The maximum absolute atomic E-state index is 13.3. The fraction of sp³-hybridized carbons (Fsp3) is 0. The molecule has 3 aromatic rings. The molecule has 0 saturated carbocycles. The Hall–Kier alpha value is -3.24. The predicted octanol–water partition coefficient (Wildman–Crippen LogP) is 3.18. The SMILES string of the molecule is N#Cc1cc(NC(=O)c2cn(-c3ccccc3Cl)nn2)ccc1F. The molecule has 118 valence electrons. The van der Waals surface area contributed by atoms with Gasteiger partial charge in [-0.1, -0.05) is 28.9 Å². The van der Waals surface area contributed by atoms with E-state index in [-0.39, 0.29) is 16.9 Å². The number of anilines is 1. The maximum Gasteiger partial charge on any atom is 0.277 e. The molecule has 0 saturated heterocycles. The summed E-state index contributed by atoms with van der Waals surface area (Å²) in [6.07, 6.45) is 1.42. The number of carbonyl (C=O) groups excluding carboxylic acids is 1. The third-order valence-electron chi connectivity index (χ3n) is 3.17. The standard InChI is InChI=1S/C16H9ClFN5O/c17-12-3-1-2-4-15(12)23-9-14(21-22-23)16(24)20-11-5-6-13(18)10(7-11)8-19/h1-7,9H,(H,20,24). The lowest BCUT2D eigenvalue weighted by Gasteiger charge is -2.03. The van der Waals surface area contributed by atoms with Crippen molar-refractivity contribution >= 4 is 23.2 Å². The summed E-state index contributed by atoms with van der Waals surface area (Å²) in [5, 5.41) is 19.5. The van der Waals surface area contributed by atoms with Gasteiger partial charge >= 0.3 is 0 Å². The number of rotatable bonds is 3. The van der Waals surface area contributed by atoms with Crippen molar-refractivity contribution < 1.29 is 9.18 Å². The quantitative estimate of drug-likeness (QED) is 0.793. The summed E-state index contributed by atoms with van der Waals surface area (Å²) in [5.41, 5.74) is 0.759. The number of hydrogen-bond acceptors (Lipinski definition) is 4. The van der Waals surface area contributed by atoms with Crippen molar-refractivity contribution in [3.8, 4) is 11.8 Å². The van der Waals surface area contributed by atoms with Gasteiger partial charge in [-0.05, 0) is 30.3 Å². The van der Waals surface area contributed by atoms with Crippen molar-refractivity contribution in [3.05, 3.63) is 70.8 Å². The molecular formula is C16H9ClFN5O. The Labute approximate surface area is 141 Å². The first kappa shape index (κ1) is 15.6. The molecule has 8 heteroatoms. The largest absolute Gasteiger partial charge is 0.320 e. The number of aromatic nitrogens is 3. The van der Waals surface area contributed by atoms with E-state index in [0.717, 1.165) is 6.07 Å². The van der Waals surface area contributed by atoms with E-state index in [4.69, 9.17) is 16.9 Å². The zero-order chi connectivity index (χ0) is 17.1. The van der Waals surface area contributed by atoms with E-state index in [9.17, 15) is 9.18 Å². The van der Waals surface area contributed by atoms with Gasteiger partial charge in [0.05, 0.1) is 22.5 Å². The lowest BCUT2D eigenvalue weighted by molar-refractivity contribution is 0.102. The first-order chi connectivity index (χ1) is 11.6. The molecule has 0 aliphatic heterocycles. The summed E-state index contributed by atoms with van der Waals surface area (Å²) in [6.45, 7) is 0. The van der Waals surface area contributed by atoms with Crippen molar-refractivity contribution in [2.24, 2.45) is 0 Å². The van der Waals surface area contributed by atoms with E-state index in [1.807, 2.05) is 0 Å². The number of benzene rings is 2. The van der Waals surface area contributed by atoms with Gasteiger partial charge in [-0.3, -0.25) is 4.79 Å². The third-order valence-corrected chi connectivity index (χ3v) is 3.49. The fourth-order valence-corrected chi connectivity index (χ4v) is 2.23. The second-order valence-corrected chi connectivity index (χ2v) is 5.17. The van der Waals surface area contributed by atoms with Crippen LogP contribution in [0.2, 0.25) is 5.02 Å². The molecule has 1 heterocycles. The van der Waals surface area contributed by atoms with Crippen LogP contribution in [0.15, 0.2) is 48.7 Å². The molecule has 6 nitrogen and oxygen atoms in total. The molecule has 0 radical (unpaired) electrons. The van der Waals surface area contributed by atoms with Gasteiger partial charge in [-0.15, -0.1) is 5.10 Å². The summed E-state index contributed by atoms with van der Waals surface area (Å²) in [6, 6.07) is 12.4. The van der Waals surface area contributed by atoms with E-state index < -0.39 is 11.7 Å². The number of nitrogens with one attached hydrogen (secondary N) is 1. The monoisotopic (exact) mass is 341 g/mol. The van der Waals surface area contributed by atoms with E-state index in [2.05, 4.69) is 15.6 Å². The van der Waals surface area contributed by atoms with Gasteiger partial charge in [0.2, 0.25) is 0 Å². The predicted molar refractivity (Wildman–Crippen MR) is 85.4 cm³/mol. The van der Waals surface area contributed by atoms with Crippen LogP contribution in [0.4, 0.5) is 10.1 Å². The Bertz CT molecular complexity index is 963. The van der Waals surface area contributed by atoms with Crippen LogP contribution in [-0.4, -0.2) is 20.9 Å². The second kappa shape index (κ2) is 6.48. The van der Waals surface area contributed by atoms with Crippen LogP contribution >= 0.6 is 11.6 Å². The normalized spacial score (nSPS) is 10.2. The van der Waals surface area contributed by atoms with E-state index in [1.165, 1.54) is 23.0 Å². The Morgan fingerprint density at radius 1 is 1.29 bits per heavy atom. The van der Waals surface area contributed by atoms with E-state index >= 15 is 0 Å². The first-order valence-electron chi connectivity index (χ1n) is 6.77. The molecule has 0 atom stereocenters. The lowest BCUT2D eigenvalue weighted by Crippen LogP contribution is -2.12. The third kappa shape index (κ3) is 3.09. The molecular weight excluding hydrogens is 333 g/mol. The fourth-order valence-electron chi connectivity index (χ4n) is 2.01. The Morgan fingerprint density at radius 3 is 2.83 bits per heavy atom. The van der Waals surface area contributed by atoms with Gasteiger partial charge in [0.25, 0.3) is 5.91 Å². The lowest BCUT2D eigenvalue weighted by atomic mass is 10.2. The molecule has 0 fully saturated rings. The average molecular weight is 342 g/mol. The zero-order valence-electron chi connectivity index (χ0n) is 12.1. The van der Waals surface area contributed by atoms with E-state index in [1.54, 1.807) is 30.3 Å². The Morgan fingerprint density at radius 2 is 2.08 bits per heavy atom. The summed E-state index contributed by atoms with van der Waals surface area (Å²) in [7, 11) is 0. The van der Waals surface area contributed by atoms with Crippen LogP contribution < -0.4 is 5.32 Å².